The molecule has 0 aliphatic rings. The summed E-state index contributed by atoms with van der Waals surface area (Å²) in [4.78, 5) is 29.0. The molecule has 0 radical (unpaired) electrons. The van der Waals surface area contributed by atoms with Crippen LogP contribution < -0.4 is 5.32 Å². The number of hydrogen-bond donors (Lipinski definition) is 2. The van der Waals surface area contributed by atoms with Crippen LogP contribution in [0.15, 0.2) is 46.9 Å². The summed E-state index contributed by atoms with van der Waals surface area (Å²) >= 11 is 2.89. The number of rotatable bonds is 6. The highest BCUT2D eigenvalue weighted by Gasteiger charge is 2.19. The number of H-pyrrole nitrogens is 1. The molecule has 0 fully saturated rings. The van der Waals surface area contributed by atoms with Gasteiger partial charge in [0.15, 0.2) is 11.6 Å². The van der Waals surface area contributed by atoms with Gasteiger partial charge in [-0.05, 0) is 42.6 Å². The molecule has 8 heteroatoms. The van der Waals surface area contributed by atoms with Crippen LogP contribution in [0, 0.1) is 0 Å². The largest absolute Gasteiger partial charge is 0.326 e. The van der Waals surface area contributed by atoms with Crippen molar-refractivity contribution < 1.29 is 9.59 Å². The number of benzene rings is 1. The number of ketones is 1. The highest BCUT2D eigenvalue weighted by atomic mass is 32.2. The van der Waals surface area contributed by atoms with Gasteiger partial charge in [0.1, 0.15) is 0 Å². The van der Waals surface area contributed by atoms with Crippen LogP contribution in [0.5, 0.6) is 0 Å². The zero-order valence-corrected chi connectivity index (χ0v) is 15.3. The number of aromatic nitrogens is 3. The Balaban J connectivity index is 1.65. The molecule has 1 atom stereocenters. The van der Waals surface area contributed by atoms with Crippen LogP contribution in [0.1, 0.15) is 24.2 Å². The van der Waals surface area contributed by atoms with E-state index in [2.05, 4.69) is 20.5 Å². The molecule has 3 rings (SSSR count). The summed E-state index contributed by atoms with van der Waals surface area (Å²) in [5, 5.41) is 11.9. The zero-order chi connectivity index (χ0) is 17.8. The van der Waals surface area contributed by atoms with Gasteiger partial charge in [-0.25, -0.2) is 4.98 Å². The maximum Gasteiger partial charge on any atom is 0.221 e. The number of carbonyl (C=O) groups is 2. The first-order valence-electron chi connectivity index (χ1n) is 7.58. The van der Waals surface area contributed by atoms with Gasteiger partial charge in [0.2, 0.25) is 11.1 Å². The quantitative estimate of drug-likeness (QED) is 0.507. The van der Waals surface area contributed by atoms with Gasteiger partial charge < -0.3 is 5.32 Å². The standard InChI is InChI=1S/C17H16N4O2S2/c1-10(15(23)12-5-7-13(8-6-12)18-11(2)22)25-17-19-16(20-21-17)14-4-3-9-24-14/h3-10H,1-2H3,(H,18,22)(H,19,20,21). The normalized spacial score (nSPS) is 11.9. The van der Waals surface area contributed by atoms with Crippen LogP contribution in [0.4, 0.5) is 5.69 Å². The fourth-order valence-electron chi connectivity index (χ4n) is 2.19. The maximum absolute atomic E-state index is 12.5. The molecule has 0 bridgehead atoms. The number of aromatic amines is 1. The van der Waals surface area contributed by atoms with Crippen molar-refractivity contribution >= 4 is 40.5 Å². The van der Waals surface area contributed by atoms with E-state index in [1.165, 1.54) is 18.7 Å². The van der Waals surface area contributed by atoms with Crippen molar-refractivity contribution in [2.75, 3.05) is 5.32 Å². The van der Waals surface area contributed by atoms with Gasteiger partial charge in [-0.3, -0.25) is 14.7 Å². The van der Waals surface area contributed by atoms with E-state index in [1.54, 1.807) is 35.6 Å². The molecular weight excluding hydrogens is 356 g/mol. The number of nitrogens with one attached hydrogen (secondary N) is 2. The number of thiophene rings is 1. The fraction of sp³-hybridized carbons (Fsp3) is 0.176. The summed E-state index contributed by atoms with van der Waals surface area (Å²) < 4.78 is 0. The summed E-state index contributed by atoms with van der Waals surface area (Å²) in [6.07, 6.45) is 0. The summed E-state index contributed by atoms with van der Waals surface area (Å²) in [6.45, 7) is 3.27. The molecule has 2 heterocycles. The number of carbonyl (C=O) groups excluding carboxylic acids is 2. The second-order valence-electron chi connectivity index (χ2n) is 5.33. The number of Topliss-reactive ketones (excluding diaryl/α,β-unsaturated/α-hetero) is 1. The third-order valence-corrected chi connectivity index (χ3v) is 5.20. The Bertz CT molecular complexity index is 872. The number of amides is 1. The van der Waals surface area contributed by atoms with Crippen molar-refractivity contribution in [3.63, 3.8) is 0 Å². The van der Waals surface area contributed by atoms with Crippen molar-refractivity contribution in [3.05, 3.63) is 47.3 Å². The summed E-state index contributed by atoms with van der Waals surface area (Å²) in [7, 11) is 0. The molecule has 2 N–H and O–H groups in total. The minimum atomic E-state index is -0.321. The van der Waals surface area contributed by atoms with Crippen molar-refractivity contribution in [1.29, 1.82) is 0 Å². The Morgan fingerprint density at radius 3 is 2.64 bits per heavy atom. The van der Waals surface area contributed by atoms with Crippen molar-refractivity contribution in [2.24, 2.45) is 0 Å². The Kier molecular flexibility index (Phi) is 5.30. The molecule has 0 aliphatic carbocycles. The van der Waals surface area contributed by atoms with Crippen LogP contribution in [0.3, 0.4) is 0 Å². The van der Waals surface area contributed by atoms with Crippen molar-refractivity contribution in [3.8, 4) is 10.7 Å². The first-order valence-corrected chi connectivity index (χ1v) is 9.33. The average Bonchev–Trinajstić information content (AvgIpc) is 3.25. The number of anilines is 1. The molecule has 0 saturated carbocycles. The van der Waals surface area contributed by atoms with Gasteiger partial charge in [0, 0.05) is 18.2 Å². The third-order valence-electron chi connectivity index (χ3n) is 3.36. The minimum absolute atomic E-state index is 0.0122. The lowest BCUT2D eigenvalue weighted by Gasteiger charge is -2.08. The van der Waals surface area contributed by atoms with Crippen LogP contribution in [0.25, 0.3) is 10.7 Å². The predicted molar refractivity (Wildman–Crippen MR) is 100 cm³/mol. The zero-order valence-electron chi connectivity index (χ0n) is 13.6. The van der Waals surface area contributed by atoms with Gasteiger partial charge in [-0.15, -0.1) is 16.4 Å². The Morgan fingerprint density at radius 1 is 1.24 bits per heavy atom. The second-order valence-corrected chi connectivity index (χ2v) is 7.58. The van der Waals surface area contributed by atoms with E-state index in [4.69, 9.17) is 0 Å². The lowest BCUT2D eigenvalue weighted by Crippen LogP contribution is -2.14. The molecule has 2 aromatic heterocycles. The first kappa shape index (κ1) is 17.4. The Morgan fingerprint density at radius 2 is 2.00 bits per heavy atom. The van der Waals surface area contributed by atoms with Crippen molar-refractivity contribution in [1.82, 2.24) is 15.2 Å². The van der Waals surface area contributed by atoms with Gasteiger partial charge in [0.05, 0.1) is 10.1 Å². The Hall–Kier alpha value is -2.45. The fourth-order valence-corrected chi connectivity index (χ4v) is 3.66. The third kappa shape index (κ3) is 4.34. The lowest BCUT2D eigenvalue weighted by atomic mass is 10.1. The summed E-state index contributed by atoms with van der Waals surface area (Å²) in [6, 6.07) is 10.8. The molecule has 6 nitrogen and oxygen atoms in total. The van der Waals surface area contributed by atoms with E-state index in [-0.39, 0.29) is 16.9 Å². The van der Waals surface area contributed by atoms with Crippen LogP contribution in [-0.2, 0) is 4.79 Å². The molecule has 1 amide bonds. The minimum Gasteiger partial charge on any atom is -0.326 e. The molecule has 0 spiro atoms. The highest BCUT2D eigenvalue weighted by Crippen LogP contribution is 2.26. The van der Waals surface area contributed by atoms with Gasteiger partial charge in [0.25, 0.3) is 0 Å². The molecule has 1 aromatic carbocycles. The van der Waals surface area contributed by atoms with E-state index in [1.807, 2.05) is 24.4 Å². The molecule has 0 saturated heterocycles. The molecular formula is C17H16N4O2S2. The van der Waals surface area contributed by atoms with E-state index in [0.29, 0.717) is 22.2 Å². The van der Waals surface area contributed by atoms with Crippen LogP contribution >= 0.6 is 23.1 Å². The van der Waals surface area contributed by atoms with Crippen LogP contribution in [-0.4, -0.2) is 32.1 Å². The SMILES string of the molecule is CC(=O)Nc1ccc(C(=O)C(C)Sc2n[nH]c(-c3cccs3)n2)cc1. The highest BCUT2D eigenvalue weighted by molar-refractivity contribution is 8.00. The number of hydrogen-bond acceptors (Lipinski definition) is 6. The Labute approximate surface area is 153 Å². The topological polar surface area (TPSA) is 87.7 Å². The van der Waals surface area contributed by atoms with E-state index in [0.717, 1.165) is 4.88 Å². The molecule has 1 unspecified atom stereocenters. The van der Waals surface area contributed by atoms with E-state index >= 15 is 0 Å². The van der Waals surface area contributed by atoms with E-state index < -0.39 is 0 Å². The number of nitrogens with zero attached hydrogens (tertiary/aromatic N) is 2. The summed E-state index contributed by atoms with van der Waals surface area (Å²) in [5.74, 6) is 0.549. The average molecular weight is 372 g/mol. The molecule has 3 aromatic rings. The molecule has 0 aliphatic heterocycles. The smallest absolute Gasteiger partial charge is 0.221 e. The summed E-state index contributed by atoms with van der Waals surface area (Å²) in [5.41, 5.74) is 1.25. The van der Waals surface area contributed by atoms with Gasteiger partial charge in [-0.2, -0.15) is 0 Å². The molecule has 128 valence electrons. The van der Waals surface area contributed by atoms with Crippen molar-refractivity contribution in [2.45, 2.75) is 24.3 Å². The maximum atomic E-state index is 12.5. The van der Waals surface area contributed by atoms with Gasteiger partial charge in [-0.1, -0.05) is 17.8 Å². The number of thioether (sulfide) groups is 1. The van der Waals surface area contributed by atoms with Crippen LogP contribution in [0.2, 0.25) is 0 Å². The first-order chi connectivity index (χ1) is 12.0. The lowest BCUT2D eigenvalue weighted by molar-refractivity contribution is -0.114. The predicted octanol–water partition coefficient (Wildman–Crippen LogP) is 3.86. The molecule has 25 heavy (non-hydrogen) atoms. The van der Waals surface area contributed by atoms with Gasteiger partial charge >= 0.3 is 0 Å². The van der Waals surface area contributed by atoms with E-state index in [9.17, 15) is 9.59 Å². The monoisotopic (exact) mass is 372 g/mol. The second kappa shape index (κ2) is 7.62.